The summed E-state index contributed by atoms with van der Waals surface area (Å²) in [6, 6.07) is 0.0126. The maximum Gasteiger partial charge on any atom is 0.240 e. The Morgan fingerprint density at radius 3 is 2.74 bits per heavy atom. The van der Waals surface area contributed by atoms with Gasteiger partial charge in [0.25, 0.3) is 0 Å². The lowest BCUT2D eigenvalue weighted by molar-refractivity contribution is 0.0529. The molecular formula is C15H25N3O4S. The Morgan fingerprint density at radius 1 is 1.35 bits per heavy atom. The molecular weight excluding hydrogens is 318 g/mol. The monoisotopic (exact) mass is 343 g/mol. The van der Waals surface area contributed by atoms with E-state index in [1.54, 1.807) is 0 Å². The molecule has 0 spiro atoms. The van der Waals surface area contributed by atoms with Gasteiger partial charge in [-0.15, -0.1) is 0 Å². The lowest BCUT2D eigenvalue weighted by atomic mass is 10.1. The van der Waals surface area contributed by atoms with Crippen LogP contribution in [0, 0.1) is 0 Å². The van der Waals surface area contributed by atoms with Crippen LogP contribution < -0.4 is 0 Å². The molecule has 0 unspecified atom stereocenters. The van der Waals surface area contributed by atoms with E-state index in [1.165, 1.54) is 0 Å². The molecule has 1 aromatic rings. The quantitative estimate of drug-likeness (QED) is 0.771. The second-order valence-corrected chi connectivity index (χ2v) is 9.05. The van der Waals surface area contributed by atoms with Crippen LogP contribution in [0.3, 0.4) is 0 Å². The maximum absolute atomic E-state index is 11.8. The molecule has 2 atom stereocenters. The highest BCUT2D eigenvalue weighted by Gasteiger charge is 2.34. The van der Waals surface area contributed by atoms with Crippen molar-refractivity contribution in [3.63, 3.8) is 0 Å². The summed E-state index contributed by atoms with van der Waals surface area (Å²) >= 11 is 0. The summed E-state index contributed by atoms with van der Waals surface area (Å²) in [5.41, 5.74) is 0. The summed E-state index contributed by atoms with van der Waals surface area (Å²) < 4.78 is 34.7. The van der Waals surface area contributed by atoms with Crippen LogP contribution in [0.4, 0.5) is 0 Å². The van der Waals surface area contributed by atoms with Gasteiger partial charge in [0.15, 0.2) is 15.7 Å². The molecule has 2 aliphatic rings. The van der Waals surface area contributed by atoms with Crippen LogP contribution in [-0.4, -0.2) is 60.3 Å². The molecule has 0 radical (unpaired) electrons. The Kier molecular flexibility index (Phi) is 5.03. The number of hydrogen-bond donors (Lipinski definition) is 0. The summed E-state index contributed by atoms with van der Waals surface area (Å²) in [5.74, 6) is 1.93. The van der Waals surface area contributed by atoms with Gasteiger partial charge in [0, 0.05) is 25.1 Å². The predicted molar refractivity (Wildman–Crippen MR) is 84.8 cm³/mol. The molecule has 0 saturated carbocycles. The van der Waals surface area contributed by atoms with Crippen molar-refractivity contribution in [2.75, 3.05) is 24.7 Å². The molecule has 0 amide bonds. The first-order valence-corrected chi connectivity index (χ1v) is 10.1. The lowest BCUT2D eigenvalue weighted by Gasteiger charge is -2.28. The van der Waals surface area contributed by atoms with Crippen molar-refractivity contribution in [2.45, 2.75) is 57.7 Å². The molecule has 1 aromatic heterocycles. The second-order valence-electron chi connectivity index (χ2n) is 6.82. The smallest absolute Gasteiger partial charge is 0.240 e. The molecule has 0 N–H and O–H groups in total. The van der Waals surface area contributed by atoms with E-state index < -0.39 is 9.84 Å². The summed E-state index contributed by atoms with van der Waals surface area (Å²) in [4.78, 5) is 6.57. The van der Waals surface area contributed by atoms with Gasteiger partial charge in [-0.05, 0) is 19.3 Å². The Balaban J connectivity index is 1.71. The number of nitrogens with zero attached hydrogens (tertiary/aromatic N) is 3. The predicted octanol–water partition coefficient (Wildman–Crippen LogP) is 1.36. The van der Waals surface area contributed by atoms with Gasteiger partial charge in [-0.25, -0.2) is 8.42 Å². The average Bonchev–Trinajstić information content (AvgIpc) is 3.18. The first-order chi connectivity index (χ1) is 10.9. The molecule has 0 bridgehead atoms. The summed E-state index contributed by atoms with van der Waals surface area (Å²) in [6.45, 7) is 6.03. The van der Waals surface area contributed by atoms with Crippen LogP contribution in [-0.2, 0) is 21.1 Å². The topological polar surface area (TPSA) is 85.5 Å². The van der Waals surface area contributed by atoms with Crippen LogP contribution in [0.15, 0.2) is 4.52 Å². The minimum atomic E-state index is -2.92. The second kappa shape index (κ2) is 6.86. The molecule has 8 heteroatoms. The van der Waals surface area contributed by atoms with Gasteiger partial charge in [-0.2, -0.15) is 4.98 Å². The van der Waals surface area contributed by atoms with E-state index in [0.717, 1.165) is 26.0 Å². The Labute approximate surface area is 137 Å². The maximum atomic E-state index is 11.8. The van der Waals surface area contributed by atoms with Crippen LogP contribution >= 0.6 is 0 Å². The molecule has 0 aliphatic carbocycles. The summed E-state index contributed by atoms with van der Waals surface area (Å²) in [7, 11) is -2.92. The zero-order chi connectivity index (χ0) is 16.4. The standard InChI is InChI=1S/C15H25N3O4S/c1-11(2)15-16-14(22-17-15)9-18(8-13-4-3-6-21-13)12-5-7-23(19,20)10-12/h11-13H,3-10H2,1-2H3/t12-,13-/m1/s1. The SMILES string of the molecule is CC(C)c1noc(CN(C[C@H]2CCCO2)[C@@H]2CCS(=O)(=O)C2)n1. The minimum absolute atomic E-state index is 0.0126. The molecule has 3 rings (SSSR count). The third kappa shape index (κ3) is 4.30. The van der Waals surface area contributed by atoms with Crippen molar-refractivity contribution in [1.82, 2.24) is 15.0 Å². The number of hydrogen-bond acceptors (Lipinski definition) is 7. The van der Waals surface area contributed by atoms with E-state index in [2.05, 4.69) is 15.0 Å². The molecule has 2 aliphatic heterocycles. The summed E-state index contributed by atoms with van der Waals surface area (Å²) in [6.07, 6.45) is 2.93. The van der Waals surface area contributed by atoms with Gasteiger partial charge in [0.05, 0.1) is 24.2 Å². The fraction of sp³-hybridized carbons (Fsp3) is 0.867. The number of rotatable bonds is 6. The molecule has 7 nitrogen and oxygen atoms in total. The molecule has 0 aromatic carbocycles. The van der Waals surface area contributed by atoms with E-state index in [4.69, 9.17) is 9.26 Å². The largest absolute Gasteiger partial charge is 0.377 e. The Morgan fingerprint density at radius 2 is 2.17 bits per heavy atom. The third-order valence-corrected chi connectivity index (χ3v) is 6.28. The van der Waals surface area contributed by atoms with Crippen molar-refractivity contribution >= 4 is 9.84 Å². The fourth-order valence-corrected chi connectivity index (χ4v) is 4.96. The number of sulfone groups is 1. The van der Waals surface area contributed by atoms with Crippen molar-refractivity contribution < 1.29 is 17.7 Å². The first kappa shape index (κ1) is 16.9. The van der Waals surface area contributed by atoms with E-state index in [0.29, 0.717) is 24.7 Å². The van der Waals surface area contributed by atoms with Crippen molar-refractivity contribution in [2.24, 2.45) is 0 Å². The fourth-order valence-electron chi connectivity index (χ4n) is 3.20. The zero-order valence-electron chi connectivity index (χ0n) is 13.8. The number of ether oxygens (including phenoxy) is 1. The third-order valence-electron chi connectivity index (χ3n) is 4.53. The van der Waals surface area contributed by atoms with E-state index in [1.807, 2.05) is 13.8 Å². The van der Waals surface area contributed by atoms with Gasteiger partial charge >= 0.3 is 0 Å². The first-order valence-electron chi connectivity index (χ1n) is 8.31. The molecule has 3 heterocycles. The van der Waals surface area contributed by atoms with Gasteiger partial charge in [0.2, 0.25) is 5.89 Å². The van der Waals surface area contributed by atoms with Crippen molar-refractivity contribution in [3.8, 4) is 0 Å². The zero-order valence-corrected chi connectivity index (χ0v) is 14.6. The molecule has 2 fully saturated rings. The van der Waals surface area contributed by atoms with Crippen LogP contribution in [0.1, 0.15) is 50.7 Å². The molecule has 23 heavy (non-hydrogen) atoms. The lowest BCUT2D eigenvalue weighted by Crippen LogP contribution is -2.40. The van der Waals surface area contributed by atoms with Crippen LogP contribution in [0.5, 0.6) is 0 Å². The summed E-state index contributed by atoms with van der Waals surface area (Å²) in [5, 5.41) is 3.99. The Hall–Kier alpha value is -0.990. The minimum Gasteiger partial charge on any atom is -0.377 e. The van der Waals surface area contributed by atoms with Crippen LogP contribution in [0.2, 0.25) is 0 Å². The number of aromatic nitrogens is 2. The highest BCUT2D eigenvalue weighted by atomic mass is 32.2. The molecule has 130 valence electrons. The van der Waals surface area contributed by atoms with E-state index >= 15 is 0 Å². The highest BCUT2D eigenvalue weighted by Crippen LogP contribution is 2.23. The Bertz CT molecular complexity index is 622. The molecule has 2 saturated heterocycles. The van der Waals surface area contributed by atoms with Gasteiger partial charge in [-0.3, -0.25) is 4.90 Å². The van der Waals surface area contributed by atoms with E-state index in [9.17, 15) is 8.42 Å². The van der Waals surface area contributed by atoms with E-state index in [-0.39, 0.29) is 29.6 Å². The van der Waals surface area contributed by atoms with Gasteiger partial charge < -0.3 is 9.26 Å². The average molecular weight is 343 g/mol. The van der Waals surface area contributed by atoms with Gasteiger partial charge in [-0.1, -0.05) is 19.0 Å². The highest BCUT2D eigenvalue weighted by molar-refractivity contribution is 7.91. The van der Waals surface area contributed by atoms with Crippen molar-refractivity contribution in [3.05, 3.63) is 11.7 Å². The normalized spacial score (nSPS) is 27.3. The van der Waals surface area contributed by atoms with Crippen molar-refractivity contribution in [1.29, 1.82) is 0 Å². The van der Waals surface area contributed by atoms with Crippen LogP contribution in [0.25, 0.3) is 0 Å². The van der Waals surface area contributed by atoms with Gasteiger partial charge in [0.1, 0.15) is 0 Å².